The molecule has 162 valence electrons. The zero-order chi connectivity index (χ0) is 21.7. The van der Waals surface area contributed by atoms with E-state index in [9.17, 15) is 22.0 Å². The number of anilines is 1. The summed E-state index contributed by atoms with van der Waals surface area (Å²) in [6.07, 6.45) is 2.59. The highest BCUT2D eigenvalue weighted by atomic mass is 32.2. The first kappa shape index (κ1) is 22.5. The Labute approximate surface area is 178 Å². The monoisotopic (exact) mass is 456 g/mol. The van der Waals surface area contributed by atoms with Gasteiger partial charge in [-0.1, -0.05) is 6.42 Å². The van der Waals surface area contributed by atoms with E-state index >= 15 is 0 Å². The SMILES string of the molecule is COc1ccc(NC(=O)CSc2ccc(F)cc2F)cc1S(=O)(=O)N1CCCCC1. The number of amides is 1. The van der Waals surface area contributed by atoms with Crippen LogP contribution in [0.3, 0.4) is 0 Å². The van der Waals surface area contributed by atoms with Crippen LogP contribution in [0.15, 0.2) is 46.2 Å². The van der Waals surface area contributed by atoms with E-state index in [2.05, 4.69) is 5.32 Å². The van der Waals surface area contributed by atoms with Gasteiger partial charge in [0.2, 0.25) is 15.9 Å². The fraction of sp³-hybridized carbons (Fsp3) is 0.350. The fourth-order valence-corrected chi connectivity index (χ4v) is 5.55. The number of thioether (sulfide) groups is 1. The van der Waals surface area contributed by atoms with Crippen molar-refractivity contribution in [2.75, 3.05) is 31.3 Å². The first-order valence-corrected chi connectivity index (χ1v) is 11.8. The Morgan fingerprint density at radius 2 is 1.87 bits per heavy atom. The lowest BCUT2D eigenvalue weighted by Gasteiger charge is -2.26. The molecule has 1 saturated heterocycles. The molecule has 30 heavy (non-hydrogen) atoms. The molecule has 0 radical (unpaired) electrons. The second kappa shape index (κ2) is 9.76. The predicted molar refractivity (Wildman–Crippen MR) is 111 cm³/mol. The molecule has 0 saturated carbocycles. The van der Waals surface area contributed by atoms with Gasteiger partial charge in [-0.3, -0.25) is 4.79 Å². The quantitative estimate of drug-likeness (QED) is 0.640. The minimum atomic E-state index is -3.76. The van der Waals surface area contributed by atoms with Gasteiger partial charge in [-0.15, -0.1) is 11.8 Å². The molecule has 1 aliphatic rings. The first-order valence-electron chi connectivity index (χ1n) is 9.37. The van der Waals surface area contributed by atoms with Gasteiger partial charge in [0.25, 0.3) is 0 Å². The lowest BCUT2D eigenvalue weighted by atomic mass is 10.2. The van der Waals surface area contributed by atoms with E-state index in [1.165, 1.54) is 35.7 Å². The molecule has 0 atom stereocenters. The standard InChI is InChI=1S/C20H22F2N2O4S2/c1-28-17-7-6-15(12-19(17)30(26,27)24-9-3-2-4-10-24)23-20(25)13-29-18-8-5-14(21)11-16(18)22/h5-8,11-12H,2-4,9-10,13H2,1H3,(H,23,25). The van der Waals surface area contributed by atoms with Crippen molar-refractivity contribution in [3.63, 3.8) is 0 Å². The van der Waals surface area contributed by atoms with Crippen LogP contribution in [0.4, 0.5) is 14.5 Å². The number of rotatable bonds is 7. The van der Waals surface area contributed by atoms with Gasteiger partial charge in [-0.2, -0.15) is 4.31 Å². The first-order chi connectivity index (χ1) is 14.3. The Hall–Kier alpha value is -2.17. The molecule has 2 aromatic carbocycles. The third-order valence-electron chi connectivity index (χ3n) is 4.63. The van der Waals surface area contributed by atoms with E-state index in [1.807, 2.05) is 0 Å². The molecule has 1 fully saturated rings. The van der Waals surface area contributed by atoms with Crippen LogP contribution in [0, 0.1) is 11.6 Å². The molecule has 0 aromatic heterocycles. The molecule has 0 spiro atoms. The van der Waals surface area contributed by atoms with Crippen molar-refractivity contribution < 1.29 is 26.7 Å². The normalized spacial score (nSPS) is 15.0. The highest BCUT2D eigenvalue weighted by molar-refractivity contribution is 8.00. The summed E-state index contributed by atoms with van der Waals surface area (Å²) in [5.41, 5.74) is 0.288. The number of nitrogens with one attached hydrogen (secondary N) is 1. The minimum Gasteiger partial charge on any atom is -0.495 e. The summed E-state index contributed by atoms with van der Waals surface area (Å²) in [4.78, 5) is 12.4. The number of carbonyl (C=O) groups excluding carboxylic acids is 1. The number of benzene rings is 2. The van der Waals surface area contributed by atoms with Crippen molar-refractivity contribution >= 4 is 33.4 Å². The van der Waals surface area contributed by atoms with E-state index in [0.717, 1.165) is 43.2 Å². The van der Waals surface area contributed by atoms with Crippen LogP contribution in [-0.4, -0.2) is 44.6 Å². The van der Waals surface area contributed by atoms with Crippen molar-refractivity contribution in [3.05, 3.63) is 48.0 Å². The Balaban J connectivity index is 1.73. The molecule has 0 aliphatic carbocycles. The fourth-order valence-electron chi connectivity index (χ4n) is 3.13. The van der Waals surface area contributed by atoms with E-state index in [0.29, 0.717) is 13.1 Å². The summed E-state index contributed by atoms with van der Waals surface area (Å²) in [7, 11) is -2.38. The number of sulfonamides is 1. The molecule has 0 unspecified atom stereocenters. The van der Waals surface area contributed by atoms with Crippen LogP contribution in [0.1, 0.15) is 19.3 Å². The average molecular weight is 457 g/mol. The van der Waals surface area contributed by atoms with E-state index in [1.54, 1.807) is 0 Å². The highest BCUT2D eigenvalue weighted by Crippen LogP contribution is 2.31. The Morgan fingerprint density at radius 1 is 1.13 bits per heavy atom. The van der Waals surface area contributed by atoms with Crippen LogP contribution >= 0.6 is 11.8 Å². The summed E-state index contributed by atoms with van der Waals surface area (Å²) in [6, 6.07) is 7.52. The molecular formula is C20H22F2N2O4S2. The van der Waals surface area contributed by atoms with Gasteiger partial charge < -0.3 is 10.1 Å². The van der Waals surface area contributed by atoms with Gasteiger partial charge in [0, 0.05) is 29.7 Å². The number of hydrogen-bond acceptors (Lipinski definition) is 5. The maximum Gasteiger partial charge on any atom is 0.246 e. The Kier molecular flexibility index (Phi) is 7.32. The van der Waals surface area contributed by atoms with Crippen LogP contribution in [0.2, 0.25) is 0 Å². The van der Waals surface area contributed by atoms with Crippen molar-refractivity contribution in [2.45, 2.75) is 29.1 Å². The van der Waals surface area contributed by atoms with Crippen molar-refractivity contribution in [1.82, 2.24) is 4.31 Å². The van der Waals surface area contributed by atoms with Crippen LogP contribution in [0.25, 0.3) is 0 Å². The Bertz CT molecular complexity index is 1030. The van der Waals surface area contributed by atoms with Gasteiger partial charge in [0.1, 0.15) is 22.3 Å². The van der Waals surface area contributed by atoms with E-state index in [4.69, 9.17) is 4.74 Å². The molecule has 1 aliphatic heterocycles. The van der Waals surface area contributed by atoms with E-state index < -0.39 is 27.6 Å². The summed E-state index contributed by atoms with van der Waals surface area (Å²) in [5, 5.41) is 2.61. The summed E-state index contributed by atoms with van der Waals surface area (Å²) in [5.74, 6) is -1.81. The summed E-state index contributed by atoms with van der Waals surface area (Å²) < 4.78 is 59.4. The largest absolute Gasteiger partial charge is 0.495 e. The molecule has 2 aromatic rings. The van der Waals surface area contributed by atoms with Crippen LogP contribution < -0.4 is 10.1 Å². The average Bonchev–Trinajstić information content (AvgIpc) is 2.73. The summed E-state index contributed by atoms with van der Waals surface area (Å²) in [6.45, 7) is 0.893. The molecule has 1 amide bonds. The number of methoxy groups -OCH3 is 1. The molecule has 6 nitrogen and oxygen atoms in total. The molecule has 10 heteroatoms. The number of ether oxygens (including phenoxy) is 1. The van der Waals surface area contributed by atoms with Crippen LogP contribution in [-0.2, 0) is 14.8 Å². The van der Waals surface area contributed by atoms with Crippen molar-refractivity contribution in [1.29, 1.82) is 0 Å². The molecule has 3 rings (SSSR count). The maximum atomic E-state index is 13.7. The van der Waals surface area contributed by atoms with Gasteiger partial charge >= 0.3 is 0 Å². The van der Waals surface area contributed by atoms with E-state index in [-0.39, 0.29) is 27.0 Å². The van der Waals surface area contributed by atoms with Crippen molar-refractivity contribution in [3.8, 4) is 5.75 Å². The van der Waals surface area contributed by atoms with Gasteiger partial charge in [0.15, 0.2) is 0 Å². The van der Waals surface area contributed by atoms with Crippen molar-refractivity contribution in [2.24, 2.45) is 0 Å². The third-order valence-corrected chi connectivity index (χ3v) is 7.60. The molecular weight excluding hydrogens is 434 g/mol. The number of carbonyl (C=O) groups is 1. The Morgan fingerprint density at radius 3 is 2.53 bits per heavy atom. The molecule has 1 N–H and O–H groups in total. The smallest absolute Gasteiger partial charge is 0.246 e. The minimum absolute atomic E-state index is 0.0121. The number of halogens is 2. The zero-order valence-corrected chi connectivity index (χ0v) is 18.0. The molecule has 1 heterocycles. The topological polar surface area (TPSA) is 75.7 Å². The maximum absolute atomic E-state index is 13.7. The molecule has 0 bridgehead atoms. The highest BCUT2D eigenvalue weighted by Gasteiger charge is 2.29. The second-order valence-electron chi connectivity index (χ2n) is 6.74. The predicted octanol–water partition coefficient (Wildman–Crippen LogP) is 3.88. The van der Waals surface area contributed by atoms with Gasteiger partial charge in [-0.25, -0.2) is 17.2 Å². The number of piperidine rings is 1. The lowest BCUT2D eigenvalue weighted by Crippen LogP contribution is -2.35. The zero-order valence-electron chi connectivity index (χ0n) is 16.4. The van der Waals surface area contributed by atoms with Gasteiger partial charge in [-0.05, 0) is 43.2 Å². The lowest BCUT2D eigenvalue weighted by molar-refractivity contribution is -0.113. The number of hydrogen-bond donors (Lipinski definition) is 1. The second-order valence-corrected chi connectivity index (χ2v) is 9.67. The van der Waals surface area contributed by atoms with Crippen LogP contribution in [0.5, 0.6) is 5.75 Å². The summed E-state index contributed by atoms with van der Waals surface area (Å²) >= 11 is 0.918. The third kappa shape index (κ3) is 5.30. The number of nitrogens with zero attached hydrogens (tertiary/aromatic N) is 1. The van der Waals surface area contributed by atoms with Gasteiger partial charge in [0.05, 0.1) is 12.9 Å².